The first kappa shape index (κ1) is 12.5. The molecular weight excluding hydrogens is 226 g/mol. The van der Waals surface area contributed by atoms with E-state index in [2.05, 4.69) is 9.97 Å². The van der Waals surface area contributed by atoms with E-state index in [1.54, 1.807) is 12.4 Å². The number of ether oxygens (including phenoxy) is 1. The van der Waals surface area contributed by atoms with E-state index in [0.717, 1.165) is 23.6 Å². The molecule has 0 radical (unpaired) electrons. The molecule has 2 heterocycles. The van der Waals surface area contributed by atoms with Gasteiger partial charge < -0.3 is 10.5 Å². The SMILES string of the molecule is CCC(N)c1ccc(Oc2cccnc2C)cn1. The third kappa shape index (κ3) is 2.84. The molecule has 0 spiro atoms. The summed E-state index contributed by atoms with van der Waals surface area (Å²) in [7, 11) is 0. The van der Waals surface area contributed by atoms with Crippen molar-refractivity contribution in [3.05, 3.63) is 48.0 Å². The fourth-order valence-electron chi connectivity index (χ4n) is 1.58. The molecule has 0 saturated heterocycles. The largest absolute Gasteiger partial charge is 0.454 e. The molecule has 2 N–H and O–H groups in total. The van der Waals surface area contributed by atoms with Gasteiger partial charge in [-0.25, -0.2) is 0 Å². The van der Waals surface area contributed by atoms with E-state index in [1.165, 1.54) is 0 Å². The Bertz CT molecular complexity index is 511. The summed E-state index contributed by atoms with van der Waals surface area (Å²) >= 11 is 0. The number of pyridine rings is 2. The maximum atomic E-state index is 5.91. The van der Waals surface area contributed by atoms with Crippen LogP contribution in [-0.2, 0) is 0 Å². The average molecular weight is 243 g/mol. The summed E-state index contributed by atoms with van der Waals surface area (Å²) in [5.41, 5.74) is 7.64. The lowest BCUT2D eigenvalue weighted by molar-refractivity contribution is 0.472. The van der Waals surface area contributed by atoms with Crippen molar-refractivity contribution in [2.45, 2.75) is 26.3 Å². The summed E-state index contributed by atoms with van der Waals surface area (Å²) in [4.78, 5) is 8.47. The molecule has 0 bridgehead atoms. The predicted molar refractivity (Wildman–Crippen MR) is 70.5 cm³/mol. The van der Waals surface area contributed by atoms with Crippen LogP contribution < -0.4 is 10.5 Å². The standard InChI is InChI=1S/C14H17N3O/c1-3-12(15)13-7-6-11(9-17-13)18-14-5-4-8-16-10(14)2/h4-9,12H,3,15H2,1-2H3. The van der Waals surface area contributed by atoms with E-state index in [4.69, 9.17) is 10.5 Å². The van der Waals surface area contributed by atoms with Gasteiger partial charge in [-0.15, -0.1) is 0 Å². The minimum atomic E-state index is -0.0146. The van der Waals surface area contributed by atoms with Gasteiger partial charge in [-0.05, 0) is 37.6 Å². The van der Waals surface area contributed by atoms with Gasteiger partial charge in [0, 0.05) is 12.2 Å². The zero-order valence-corrected chi connectivity index (χ0v) is 10.6. The van der Waals surface area contributed by atoms with Gasteiger partial charge in [0.05, 0.1) is 17.6 Å². The lowest BCUT2D eigenvalue weighted by Crippen LogP contribution is -2.10. The molecule has 4 nitrogen and oxygen atoms in total. The van der Waals surface area contributed by atoms with E-state index in [1.807, 2.05) is 38.1 Å². The van der Waals surface area contributed by atoms with Crippen molar-refractivity contribution >= 4 is 0 Å². The molecule has 0 fully saturated rings. The Balaban J connectivity index is 2.14. The van der Waals surface area contributed by atoms with Gasteiger partial charge in [-0.3, -0.25) is 9.97 Å². The van der Waals surface area contributed by atoms with Crippen LogP contribution in [0.2, 0.25) is 0 Å². The number of aromatic nitrogens is 2. The molecule has 1 atom stereocenters. The molecule has 0 aliphatic rings. The Morgan fingerprint density at radius 3 is 2.72 bits per heavy atom. The van der Waals surface area contributed by atoms with Crippen LogP contribution in [0.15, 0.2) is 36.7 Å². The van der Waals surface area contributed by atoms with Gasteiger partial charge in [0.25, 0.3) is 0 Å². The quantitative estimate of drug-likeness (QED) is 0.896. The molecule has 4 heteroatoms. The second-order valence-corrected chi connectivity index (χ2v) is 4.12. The highest BCUT2D eigenvalue weighted by Crippen LogP contribution is 2.23. The summed E-state index contributed by atoms with van der Waals surface area (Å²) in [6.45, 7) is 3.94. The minimum absolute atomic E-state index is 0.0146. The van der Waals surface area contributed by atoms with Crippen LogP contribution in [0.4, 0.5) is 0 Å². The number of hydrogen-bond donors (Lipinski definition) is 1. The second kappa shape index (κ2) is 5.60. The second-order valence-electron chi connectivity index (χ2n) is 4.12. The van der Waals surface area contributed by atoms with Crippen LogP contribution in [0.5, 0.6) is 11.5 Å². The van der Waals surface area contributed by atoms with Crippen molar-refractivity contribution in [2.75, 3.05) is 0 Å². The van der Waals surface area contributed by atoms with Gasteiger partial charge in [0.2, 0.25) is 0 Å². The lowest BCUT2D eigenvalue weighted by Gasteiger charge is -2.10. The summed E-state index contributed by atoms with van der Waals surface area (Å²) in [6, 6.07) is 7.49. The lowest BCUT2D eigenvalue weighted by atomic mass is 10.1. The minimum Gasteiger partial charge on any atom is -0.454 e. The predicted octanol–water partition coefficient (Wildman–Crippen LogP) is 2.99. The van der Waals surface area contributed by atoms with Crippen LogP contribution in [0.25, 0.3) is 0 Å². The van der Waals surface area contributed by atoms with Crippen molar-refractivity contribution in [2.24, 2.45) is 5.73 Å². The van der Waals surface area contributed by atoms with Gasteiger partial charge in [0.15, 0.2) is 0 Å². The molecule has 94 valence electrons. The highest BCUT2D eigenvalue weighted by atomic mass is 16.5. The molecule has 0 aromatic carbocycles. The average Bonchev–Trinajstić information content (AvgIpc) is 2.41. The molecule has 18 heavy (non-hydrogen) atoms. The maximum Gasteiger partial charge on any atom is 0.148 e. The molecule has 2 rings (SSSR count). The Morgan fingerprint density at radius 2 is 2.11 bits per heavy atom. The van der Waals surface area contributed by atoms with E-state index < -0.39 is 0 Å². The summed E-state index contributed by atoms with van der Waals surface area (Å²) in [5.74, 6) is 1.44. The molecule has 0 aliphatic carbocycles. The number of aryl methyl sites for hydroxylation is 1. The van der Waals surface area contributed by atoms with Crippen molar-refractivity contribution in [1.29, 1.82) is 0 Å². The van der Waals surface area contributed by atoms with E-state index >= 15 is 0 Å². The first-order chi connectivity index (χ1) is 8.70. The van der Waals surface area contributed by atoms with Gasteiger partial charge >= 0.3 is 0 Å². The number of hydrogen-bond acceptors (Lipinski definition) is 4. The maximum absolute atomic E-state index is 5.91. The smallest absolute Gasteiger partial charge is 0.148 e. The van der Waals surface area contributed by atoms with Crippen LogP contribution in [-0.4, -0.2) is 9.97 Å². The Kier molecular flexibility index (Phi) is 3.89. The molecule has 0 aliphatic heterocycles. The van der Waals surface area contributed by atoms with Crippen LogP contribution in [0.3, 0.4) is 0 Å². The fourth-order valence-corrected chi connectivity index (χ4v) is 1.58. The van der Waals surface area contributed by atoms with E-state index in [9.17, 15) is 0 Å². The van der Waals surface area contributed by atoms with Crippen LogP contribution in [0.1, 0.15) is 30.8 Å². The summed E-state index contributed by atoms with van der Waals surface area (Å²) < 4.78 is 5.71. The third-order valence-electron chi connectivity index (χ3n) is 2.77. The van der Waals surface area contributed by atoms with Crippen molar-refractivity contribution in [3.8, 4) is 11.5 Å². The van der Waals surface area contributed by atoms with Crippen LogP contribution in [0, 0.1) is 6.92 Å². The molecular formula is C14H17N3O. The normalized spacial score (nSPS) is 12.2. The van der Waals surface area contributed by atoms with Crippen molar-refractivity contribution < 1.29 is 4.74 Å². The van der Waals surface area contributed by atoms with Gasteiger partial charge in [-0.2, -0.15) is 0 Å². The summed E-state index contributed by atoms with van der Waals surface area (Å²) in [5, 5.41) is 0. The van der Waals surface area contributed by atoms with E-state index in [0.29, 0.717) is 5.75 Å². The molecule has 0 saturated carbocycles. The fraction of sp³-hybridized carbons (Fsp3) is 0.286. The van der Waals surface area contributed by atoms with Crippen LogP contribution >= 0.6 is 0 Å². The van der Waals surface area contributed by atoms with Crippen molar-refractivity contribution in [1.82, 2.24) is 9.97 Å². The van der Waals surface area contributed by atoms with E-state index in [-0.39, 0.29) is 6.04 Å². The van der Waals surface area contributed by atoms with Crippen molar-refractivity contribution in [3.63, 3.8) is 0 Å². The zero-order valence-electron chi connectivity index (χ0n) is 10.6. The van der Waals surface area contributed by atoms with Gasteiger partial charge in [-0.1, -0.05) is 6.92 Å². The first-order valence-corrected chi connectivity index (χ1v) is 6.01. The number of nitrogens with zero attached hydrogens (tertiary/aromatic N) is 2. The number of nitrogens with two attached hydrogens (primary N) is 1. The van der Waals surface area contributed by atoms with Gasteiger partial charge in [0.1, 0.15) is 11.5 Å². The zero-order chi connectivity index (χ0) is 13.0. The number of rotatable bonds is 4. The summed E-state index contributed by atoms with van der Waals surface area (Å²) in [6.07, 6.45) is 4.30. The third-order valence-corrected chi connectivity index (χ3v) is 2.77. The first-order valence-electron chi connectivity index (χ1n) is 6.01. The topological polar surface area (TPSA) is 61.0 Å². The highest BCUT2D eigenvalue weighted by molar-refractivity contribution is 5.32. The monoisotopic (exact) mass is 243 g/mol. The molecule has 2 aromatic rings. The Labute approximate surface area is 107 Å². The Hall–Kier alpha value is -1.94. The molecule has 0 amide bonds. The Morgan fingerprint density at radius 1 is 1.28 bits per heavy atom. The molecule has 2 aromatic heterocycles. The molecule has 1 unspecified atom stereocenters. The highest BCUT2D eigenvalue weighted by Gasteiger charge is 2.06.